The summed E-state index contributed by atoms with van der Waals surface area (Å²) >= 11 is 0. The van der Waals surface area contributed by atoms with Crippen molar-refractivity contribution in [3.63, 3.8) is 0 Å². The minimum Gasteiger partial charge on any atom is -0.496 e. The Balaban J connectivity index is 2.08. The van der Waals surface area contributed by atoms with E-state index < -0.39 is 16.1 Å². The molecule has 0 aromatic heterocycles. The first kappa shape index (κ1) is 15.3. The van der Waals surface area contributed by atoms with Gasteiger partial charge in [0.1, 0.15) is 5.75 Å². The quantitative estimate of drug-likeness (QED) is 0.862. The van der Waals surface area contributed by atoms with Gasteiger partial charge in [-0.05, 0) is 49.4 Å². The molecule has 0 aliphatic heterocycles. The third kappa shape index (κ3) is 3.31. The standard InChI is InChI=1S/C14H21NO4S/c1-10-8-12(6-7-14(10)19-2)20(17,18)15-9-11-4-3-5-13(11)16/h6-8,11,13,15-16H,3-5,9H2,1-2H3. The molecule has 1 aliphatic carbocycles. The van der Waals surface area contributed by atoms with Gasteiger partial charge in [-0.1, -0.05) is 6.42 Å². The largest absolute Gasteiger partial charge is 0.496 e. The lowest BCUT2D eigenvalue weighted by molar-refractivity contribution is 0.134. The lowest BCUT2D eigenvalue weighted by Crippen LogP contribution is -2.32. The van der Waals surface area contributed by atoms with Crippen LogP contribution in [0.25, 0.3) is 0 Å². The fourth-order valence-electron chi connectivity index (χ4n) is 2.57. The fourth-order valence-corrected chi connectivity index (χ4v) is 3.75. The average Bonchev–Trinajstić information content (AvgIpc) is 2.82. The summed E-state index contributed by atoms with van der Waals surface area (Å²) in [5, 5.41) is 9.72. The van der Waals surface area contributed by atoms with E-state index in [9.17, 15) is 13.5 Å². The van der Waals surface area contributed by atoms with Gasteiger partial charge in [0.25, 0.3) is 0 Å². The number of aliphatic hydroxyl groups excluding tert-OH is 1. The summed E-state index contributed by atoms with van der Waals surface area (Å²) in [5.74, 6) is 0.680. The first-order valence-electron chi connectivity index (χ1n) is 6.76. The minimum absolute atomic E-state index is 0.0177. The molecule has 0 saturated heterocycles. The summed E-state index contributed by atoms with van der Waals surface area (Å²) in [5.41, 5.74) is 0.774. The van der Waals surface area contributed by atoms with Crippen molar-refractivity contribution in [3.05, 3.63) is 23.8 Å². The Bertz CT molecular complexity index is 571. The summed E-state index contributed by atoms with van der Waals surface area (Å²) in [6.45, 7) is 2.09. The van der Waals surface area contributed by atoms with Crippen molar-refractivity contribution >= 4 is 10.0 Å². The number of aryl methyl sites for hydroxylation is 1. The highest BCUT2D eigenvalue weighted by Gasteiger charge is 2.27. The number of benzene rings is 1. The molecule has 1 aliphatic rings. The Labute approximate surface area is 120 Å². The number of nitrogens with one attached hydrogen (secondary N) is 1. The molecule has 0 bridgehead atoms. The van der Waals surface area contributed by atoms with Gasteiger partial charge in [-0.3, -0.25) is 0 Å². The molecule has 6 heteroatoms. The van der Waals surface area contributed by atoms with Crippen molar-refractivity contribution in [1.82, 2.24) is 4.72 Å². The van der Waals surface area contributed by atoms with Gasteiger partial charge in [0, 0.05) is 6.54 Å². The van der Waals surface area contributed by atoms with Gasteiger partial charge >= 0.3 is 0 Å². The van der Waals surface area contributed by atoms with E-state index in [1.165, 1.54) is 6.07 Å². The molecule has 2 N–H and O–H groups in total. The van der Waals surface area contributed by atoms with Crippen molar-refractivity contribution in [2.45, 2.75) is 37.2 Å². The smallest absolute Gasteiger partial charge is 0.240 e. The molecule has 1 aromatic rings. The van der Waals surface area contributed by atoms with Gasteiger partial charge in [-0.2, -0.15) is 0 Å². The number of ether oxygens (including phenoxy) is 1. The van der Waals surface area contributed by atoms with Crippen LogP contribution in [0, 0.1) is 12.8 Å². The zero-order valence-electron chi connectivity index (χ0n) is 11.8. The molecule has 0 amide bonds. The molecule has 0 radical (unpaired) electrons. The van der Waals surface area contributed by atoms with Gasteiger partial charge in [0.2, 0.25) is 10.0 Å². The zero-order chi connectivity index (χ0) is 14.8. The molecule has 20 heavy (non-hydrogen) atoms. The van der Waals surface area contributed by atoms with Crippen LogP contribution in [0.2, 0.25) is 0 Å². The highest BCUT2D eigenvalue weighted by molar-refractivity contribution is 7.89. The Kier molecular flexibility index (Phi) is 4.67. The maximum Gasteiger partial charge on any atom is 0.240 e. The summed E-state index contributed by atoms with van der Waals surface area (Å²) in [6.07, 6.45) is 2.18. The van der Waals surface area contributed by atoms with E-state index in [2.05, 4.69) is 4.72 Å². The number of aliphatic hydroxyl groups is 1. The van der Waals surface area contributed by atoms with Crippen LogP contribution in [0.1, 0.15) is 24.8 Å². The third-order valence-electron chi connectivity index (χ3n) is 3.83. The van der Waals surface area contributed by atoms with Gasteiger partial charge in [0.15, 0.2) is 0 Å². The predicted molar refractivity (Wildman–Crippen MR) is 76.3 cm³/mol. The maximum atomic E-state index is 12.2. The van der Waals surface area contributed by atoms with Crippen LogP contribution in [-0.2, 0) is 10.0 Å². The second-order valence-electron chi connectivity index (χ2n) is 5.24. The Hall–Kier alpha value is -1.11. The van der Waals surface area contributed by atoms with E-state index in [0.29, 0.717) is 5.75 Å². The second-order valence-corrected chi connectivity index (χ2v) is 7.01. The molecule has 1 aromatic carbocycles. The summed E-state index contributed by atoms with van der Waals surface area (Å²) in [6, 6.07) is 4.76. The molecular formula is C14H21NO4S. The molecule has 0 heterocycles. The van der Waals surface area contributed by atoms with Crippen molar-refractivity contribution < 1.29 is 18.3 Å². The maximum absolute atomic E-state index is 12.2. The van der Waals surface area contributed by atoms with Crippen LogP contribution in [-0.4, -0.2) is 33.3 Å². The molecule has 2 atom stereocenters. The monoisotopic (exact) mass is 299 g/mol. The highest BCUT2D eigenvalue weighted by Crippen LogP contribution is 2.26. The predicted octanol–water partition coefficient (Wildman–Crippen LogP) is 1.44. The molecule has 5 nitrogen and oxygen atoms in total. The first-order chi connectivity index (χ1) is 9.44. The van der Waals surface area contributed by atoms with E-state index in [4.69, 9.17) is 4.74 Å². The summed E-state index contributed by atoms with van der Waals surface area (Å²) < 4.78 is 32.1. The van der Waals surface area contributed by atoms with Crippen LogP contribution in [0.5, 0.6) is 5.75 Å². The average molecular weight is 299 g/mol. The number of sulfonamides is 1. The van der Waals surface area contributed by atoms with Crippen LogP contribution in [0.3, 0.4) is 0 Å². The highest BCUT2D eigenvalue weighted by atomic mass is 32.2. The van der Waals surface area contributed by atoms with Crippen LogP contribution in [0.15, 0.2) is 23.1 Å². The zero-order valence-corrected chi connectivity index (χ0v) is 12.6. The van der Waals surface area contributed by atoms with Crippen molar-refractivity contribution in [2.75, 3.05) is 13.7 Å². The lowest BCUT2D eigenvalue weighted by atomic mass is 10.1. The van der Waals surface area contributed by atoms with Crippen molar-refractivity contribution in [1.29, 1.82) is 0 Å². The van der Waals surface area contributed by atoms with Gasteiger partial charge in [-0.25, -0.2) is 13.1 Å². The van der Waals surface area contributed by atoms with Gasteiger partial charge in [-0.15, -0.1) is 0 Å². The van der Waals surface area contributed by atoms with Crippen molar-refractivity contribution in [2.24, 2.45) is 5.92 Å². The molecule has 0 spiro atoms. The fraction of sp³-hybridized carbons (Fsp3) is 0.571. The Morgan fingerprint density at radius 1 is 1.40 bits per heavy atom. The number of rotatable bonds is 5. The van der Waals surface area contributed by atoms with Crippen LogP contribution < -0.4 is 9.46 Å². The van der Waals surface area contributed by atoms with E-state index in [0.717, 1.165) is 24.8 Å². The molecule has 2 rings (SSSR count). The molecule has 2 unspecified atom stereocenters. The van der Waals surface area contributed by atoms with Crippen molar-refractivity contribution in [3.8, 4) is 5.75 Å². The van der Waals surface area contributed by atoms with Crippen LogP contribution >= 0.6 is 0 Å². The molecule has 1 saturated carbocycles. The van der Waals surface area contributed by atoms with E-state index in [1.807, 2.05) is 0 Å². The summed E-state index contributed by atoms with van der Waals surface area (Å²) in [7, 11) is -1.98. The minimum atomic E-state index is -3.54. The topological polar surface area (TPSA) is 75.6 Å². The second kappa shape index (κ2) is 6.11. The molecule has 112 valence electrons. The van der Waals surface area contributed by atoms with E-state index in [1.54, 1.807) is 26.2 Å². The Morgan fingerprint density at radius 2 is 2.15 bits per heavy atom. The van der Waals surface area contributed by atoms with E-state index >= 15 is 0 Å². The first-order valence-corrected chi connectivity index (χ1v) is 8.24. The Morgan fingerprint density at radius 3 is 2.70 bits per heavy atom. The molecular weight excluding hydrogens is 278 g/mol. The normalized spacial score (nSPS) is 22.9. The number of hydrogen-bond donors (Lipinski definition) is 2. The lowest BCUT2D eigenvalue weighted by Gasteiger charge is -2.15. The van der Waals surface area contributed by atoms with Crippen LogP contribution in [0.4, 0.5) is 0 Å². The SMILES string of the molecule is COc1ccc(S(=O)(=O)NCC2CCCC2O)cc1C. The van der Waals surface area contributed by atoms with Gasteiger partial charge in [0.05, 0.1) is 18.1 Å². The molecule has 1 fully saturated rings. The third-order valence-corrected chi connectivity index (χ3v) is 5.25. The number of hydrogen-bond acceptors (Lipinski definition) is 4. The van der Waals surface area contributed by atoms with E-state index in [-0.39, 0.29) is 17.4 Å². The van der Waals surface area contributed by atoms with Gasteiger partial charge < -0.3 is 9.84 Å². The summed E-state index contributed by atoms with van der Waals surface area (Å²) in [4.78, 5) is 0.225. The number of methoxy groups -OCH3 is 1.